The molecule has 1 amide bonds. The predicted octanol–water partition coefficient (Wildman–Crippen LogP) is 3.44. The smallest absolute Gasteiger partial charge is 0.317 e. The molecule has 0 saturated heterocycles. The van der Waals surface area contributed by atoms with Crippen LogP contribution in [0.25, 0.3) is 0 Å². The summed E-state index contributed by atoms with van der Waals surface area (Å²) in [6.45, 7) is 4.47. The quantitative estimate of drug-likeness (QED) is 0.546. The standard InChI is InChI=1S/C21H23NO6S/c1-13-4-6-17(25-3)16(10-13)22-21(24)14(2)28-20(23)12-29-15-5-7-18-19(11-15)27-9-8-26-18/h4-7,10-11,14H,8-9,12H2,1-3H3,(H,22,24)/t14-/m1/s1. The first-order valence-corrected chi connectivity index (χ1v) is 10.1. The van der Waals surface area contributed by atoms with E-state index in [4.69, 9.17) is 18.9 Å². The average molecular weight is 417 g/mol. The number of aryl methyl sites for hydroxylation is 1. The minimum atomic E-state index is -0.936. The number of fused-ring (bicyclic) bond motifs is 1. The first-order chi connectivity index (χ1) is 14.0. The summed E-state index contributed by atoms with van der Waals surface area (Å²) in [6.07, 6.45) is -0.936. The molecule has 0 fully saturated rings. The number of methoxy groups -OCH3 is 1. The molecule has 0 spiro atoms. The third kappa shape index (κ3) is 5.57. The molecule has 0 unspecified atom stereocenters. The highest BCUT2D eigenvalue weighted by atomic mass is 32.2. The van der Waals surface area contributed by atoms with Gasteiger partial charge in [-0.3, -0.25) is 9.59 Å². The van der Waals surface area contributed by atoms with Gasteiger partial charge in [0.2, 0.25) is 0 Å². The van der Waals surface area contributed by atoms with Crippen molar-refractivity contribution in [1.29, 1.82) is 0 Å². The monoisotopic (exact) mass is 417 g/mol. The van der Waals surface area contributed by atoms with E-state index in [1.807, 2.05) is 31.2 Å². The third-order valence-electron chi connectivity index (χ3n) is 4.16. The molecule has 2 aromatic rings. The Hall–Kier alpha value is -2.87. The van der Waals surface area contributed by atoms with Crippen LogP contribution in [0.2, 0.25) is 0 Å². The lowest BCUT2D eigenvalue weighted by Crippen LogP contribution is -2.30. The molecule has 1 atom stereocenters. The highest BCUT2D eigenvalue weighted by Gasteiger charge is 2.20. The summed E-state index contributed by atoms with van der Waals surface area (Å²) in [5.74, 6) is 1.06. The number of rotatable bonds is 7. The van der Waals surface area contributed by atoms with Gasteiger partial charge in [0.15, 0.2) is 17.6 Å². The van der Waals surface area contributed by atoms with E-state index >= 15 is 0 Å². The maximum Gasteiger partial charge on any atom is 0.317 e. The van der Waals surface area contributed by atoms with E-state index in [0.29, 0.717) is 36.1 Å². The predicted molar refractivity (Wildman–Crippen MR) is 110 cm³/mol. The normalized spacial score (nSPS) is 13.3. The summed E-state index contributed by atoms with van der Waals surface area (Å²) in [5.41, 5.74) is 1.51. The zero-order valence-electron chi connectivity index (χ0n) is 16.5. The van der Waals surface area contributed by atoms with Crippen molar-refractivity contribution >= 4 is 29.3 Å². The lowest BCUT2D eigenvalue weighted by molar-refractivity contribution is -0.150. The zero-order chi connectivity index (χ0) is 20.8. The van der Waals surface area contributed by atoms with Gasteiger partial charge < -0.3 is 24.3 Å². The molecule has 0 aromatic heterocycles. The van der Waals surface area contributed by atoms with Gasteiger partial charge in [-0.05, 0) is 49.7 Å². The molecular formula is C21H23NO6S. The summed E-state index contributed by atoms with van der Waals surface area (Å²) >= 11 is 1.31. The van der Waals surface area contributed by atoms with Gasteiger partial charge in [-0.2, -0.15) is 0 Å². The SMILES string of the molecule is COc1ccc(C)cc1NC(=O)[C@@H](C)OC(=O)CSc1ccc2c(c1)OCCO2. The molecule has 154 valence electrons. The van der Waals surface area contributed by atoms with E-state index in [1.165, 1.54) is 25.8 Å². The van der Waals surface area contributed by atoms with Crippen LogP contribution in [0.3, 0.4) is 0 Å². The molecule has 7 nitrogen and oxygen atoms in total. The summed E-state index contributed by atoms with van der Waals surface area (Å²) < 4.78 is 21.5. The maximum atomic E-state index is 12.4. The topological polar surface area (TPSA) is 83.1 Å². The van der Waals surface area contributed by atoms with Crippen LogP contribution in [-0.4, -0.2) is 44.1 Å². The Morgan fingerprint density at radius 1 is 1.14 bits per heavy atom. The van der Waals surface area contributed by atoms with E-state index in [0.717, 1.165) is 10.5 Å². The molecule has 1 aliphatic heterocycles. The Morgan fingerprint density at radius 2 is 1.90 bits per heavy atom. The Balaban J connectivity index is 1.51. The van der Waals surface area contributed by atoms with E-state index in [1.54, 1.807) is 12.1 Å². The van der Waals surface area contributed by atoms with Crippen molar-refractivity contribution in [3.8, 4) is 17.2 Å². The van der Waals surface area contributed by atoms with E-state index < -0.39 is 18.0 Å². The van der Waals surface area contributed by atoms with Crippen LogP contribution < -0.4 is 19.5 Å². The van der Waals surface area contributed by atoms with Gasteiger partial charge in [0.1, 0.15) is 19.0 Å². The molecule has 1 N–H and O–H groups in total. The van der Waals surface area contributed by atoms with Gasteiger partial charge in [-0.15, -0.1) is 11.8 Å². The van der Waals surface area contributed by atoms with Gasteiger partial charge in [-0.25, -0.2) is 0 Å². The average Bonchev–Trinajstić information content (AvgIpc) is 2.72. The zero-order valence-corrected chi connectivity index (χ0v) is 17.3. The molecule has 0 aliphatic carbocycles. The Bertz CT molecular complexity index is 901. The van der Waals surface area contributed by atoms with Gasteiger partial charge in [0.25, 0.3) is 5.91 Å². The van der Waals surface area contributed by atoms with Crippen LogP contribution >= 0.6 is 11.8 Å². The van der Waals surface area contributed by atoms with Crippen molar-refractivity contribution in [2.75, 3.05) is 31.4 Å². The molecule has 0 bridgehead atoms. The van der Waals surface area contributed by atoms with Crippen LogP contribution in [0, 0.1) is 6.92 Å². The van der Waals surface area contributed by atoms with E-state index in [2.05, 4.69) is 5.32 Å². The number of esters is 1. The van der Waals surface area contributed by atoms with E-state index in [-0.39, 0.29) is 5.75 Å². The van der Waals surface area contributed by atoms with Crippen molar-refractivity contribution < 1.29 is 28.5 Å². The molecule has 3 rings (SSSR count). The van der Waals surface area contributed by atoms with Gasteiger partial charge in [-0.1, -0.05) is 6.07 Å². The van der Waals surface area contributed by atoms with Crippen LogP contribution in [0.1, 0.15) is 12.5 Å². The second-order valence-electron chi connectivity index (χ2n) is 6.42. The number of carbonyl (C=O) groups is 2. The number of hydrogen-bond acceptors (Lipinski definition) is 7. The highest BCUT2D eigenvalue weighted by molar-refractivity contribution is 8.00. The third-order valence-corrected chi connectivity index (χ3v) is 5.13. The molecule has 2 aromatic carbocycles. The number of anilines is 1. The summed E-state index contributed by atoms with van der Waals surface area (Å²) in [4.78, 5) is 25.4. The molecule has 29 heavy (non-hydrogen) atoms. The minimum Gasteiger partial charge on any atom is -0.495 e. The highest BCUT2D eigenvalue weighted by Crippen LogP contribution is 2.34. The molecule has 1 heterocycles. The van der Waals surface area contributed by atoms with Crippen LogP contribution in [0.4, 0.5) is 5.69 Å². The molecule has 1 aliphatic rings. The lowest BCUT2D eigenvalue weighted by Gasteiger charge is -2.18. The number of carbonyl (C=O) groups excluding carboxylic acids is 2. The van der Waals surface area contributed by atoms with Crippen molar-refractivity contribution in [3.63, 3.8) is 0 Å². The number of benzene rings is 2. The maximum absolute atomic E-state index is 12.4. The van der Waals surface area contributed by atoms with E-state index in [9.17, 15) is 9.59 Å². The fraction of sp³-hybridized carbons (Fsp3) is 0.333. The Morgan fingerprint density at radius 3 is 2.66 bits per heavy atom. The molecule has 0 saturated carbocycles. The number of hydrogen-bond donors (Lipinski definition) is 1. The lowest BCUT2D eigenvalue weighted by atomic mass is 10.2. The van der Waals surface area contributed by atoms with Crippen molar-refractivity contribution in [2.45, 2.75) is 24.8 Å². The number of ether oxygens (including phenoxy) is 4. The van der Waals surface area contributed by atoms with Gasteiger partial charge in [0.05, 0.1) is 18.6 Å². The summed E-state index contributed by atoms with van der Waals surface area (Å²) in [7, 11) is 1.53. The molecular weight excluding hydrogens is 394 g/mol. The largest absolute Gasteiger partial charge is 0.495 e. The van der Waals surface area contributed by atoms with Gasteiger partial charge >= 0.3 is 5.97 Å². The summed E-state index contributed by atoms with van der Waals surface area (Å²) in [5, 5.41) is 2.74. The first kappa shape index (κ1) is 20.9. The molecule has 8 heteroatoms. The Kier molecular flexibility index (Phi) is 6.87. The second kappa shape index (κ2) is 9.56. The van der Waals surface area contributed by atoms with Crippen LogP contribution in [0.15, 0.2) is 41.3 Å². The van der Waals surface area contributed by atoms with Crippen molar-refractivity contribution in [1.82, 2.24) is 0 Å². The Labute approximate surface area is 173 Å². The fourth-order valence-electron chi connectivity index (χ4n) is 2.69. The van der Waals surface area contributed by atoms with Crippen LogP contribution in [-0.2, 0) is 14.3 Å². The summed E-state index contributed by atoms with van der Waals surface area (Å²) in [6, 6.07) is 10.9. The van der Waals surface area contributed by atoms with Crippen LogP contribution in [0.5, 0.6) is 17.2 Å². The number of amides is 1. The van der Waals surface area contributed by atoms with Crippen molar-refractivity contribution in [3.05, 3.63) is 42.0 Å². The molecule has 0 radical (unpaired) electrons. The van der Waals surface area contributed by atoms with Gasteiger partial charge in [0, 0.05) is 4.90 Å². The number of nitrogens with one attached hydrogen (secondary N) is 1. The van der Waals surface area contributed by atoms with Crippen molar-refractivity contribution in [2.24, 2.45) is 0 Å². The minimum absolute atomic E-state index is 0.0744. The fourth-order valence-corrected chi connectivity index (χ4v) is 3.40. The first-order valence-electron chi connectivity index (χ1n) is 9.13. The number of thioether (sulfide) groups is 1. The second-order valence-corrected chi connectivity index (χ2v) is 7.47.